The third-order valence-electron chi connectivity index (χ3n) is 6.64. The monoisotopic (exact) mass is 497 g/mol. The molecule has 0 N–H and O–H groups in total. The third-order valence-corrected chi connectivity index (χ3v) is 6.64. The van der Waals surface area contributed by atoms with E-state index in [1.807, 2.05) is 17.9 Å². The fourth-order valence-corrected chi connectivity index (χ4v) is 4.86. The van der Waals surface area contributed by atoms with Crippen molar-refractivity contribution in [1.29, 1.82) is 0 Å². The summed E-state index contributed by atoms with van der Waals surface area (Å²) in [5, 5.41) is 0. The molecule has 1 saturated heterocycles. The lowest BCUT2D eigenvalue weighted by molar-refractivity contribution is -0.141. The van der Waals surface area contributed by atoms with Gasteiger partial charge in [0.15, 0.2) is 5.65 Å². The predicted molar refractivity (Wildman–Crippen MR) is 127 cm³/mol. The van der Waals surface area contributed by atoms with Crippen molar-refractivity contribution in [3.63, 3.8) is 0 Å². The molecule has 1 aliphatic rings. The summed E-state index contributed by atoms with van der Waals surface area (Å²) in [5.74, 6) is -0.328. The summed E-state index contributed by atoms with van der Waals surface area (Å²) < 4.78 is 54.6. The molecule has 0 radical (unpaired) electrons. The molecule has 0 bridgehead atoms. The topological polar surface area (TPSA) is 63.9 Å². The van der Waals surface area contributed by atoms with Crippen molar-refractivity contribution in [2.45, 2.75) is 38.4 Å². The van der Waals surface area contributed by atoms with Crippen LogP contribution in [0.1, 0.15) is 41.1 Å². The van der Waals surface area contributed by atoms with Crippen molar-refractivity contribution in [2.24, 2.45) is 0 Å². The number of fused-ring (bicyclic) bond motifs is 1. The normalized spacial score (nSPS) is 15.0. The average Bonchev–Trinajstić information content (AvgIpc) is 2.86. The molecule has 0 spiro atoms. The van der Waals surface area contributed by atoms with Gasteiger partial charge in [0.2, 0.25) is 0 Å². The minimum absolute atomic E-state index is 0.0142. The molecule has 186 valence electrons. The van der Waals surface area contributed by atoms with Crippen LogP contribution in [0.2, 0.25) is 0 Å². The van der Waals surface area contributed by atoms with Gasteiger partial charge in [-0.1, -0.05) is 18.2 Å². The molecule has 4 aromatic rings. The van der Waals surface area contributed by atoms with Crippen LogP contribution in [0.4, 0.5) is 23.2 Å². The summed E-state index contributed by atoms with van der Waals surface area (Å²) in [6.07, 6.45) is 0.887. The van der Waals surface area contributed by atoms with E-state index in [9.17, 15) is 22.4 Å². The van der Waals surface area contributed by atoms with E-state index in [1.54, 1.807) is 12.1 Å². The van der Waals surface area contributed by atoms with Crippen molar-refractivity contribution in [1.82, 2.24) is 19.5 Å². The van der Waals surface area contributed by atoms with Gasteiger partial charge in [-0.3, -0.25) is 19.3 Å². The number of aromatic nitrogens is 4. The van der Waals surface area contributed by atoms with Crippen LogP contribution >= 0.6 is 0 Å². The predicted octanol–water partition coefficient (Wildman–Crippen LogP) is 5.09. The minimum atomic E-state index is -4.54. The van der Waals surface area contributed by atoms with Crippen molar-refractivity contribution < 1.29 is 17.6 Å². The van der Waals surface area contributed by atoms with Gasteiger partial charge in [-0.05, 0) is 55.0 Å². The molecule has 5 rings (SSSR count). The number of nitrogens with zero attached hydrogens (tertiary/aromatic N) is 5. The molecule has 0 unspecified atom stereocenters. The first-order chi connectivity index (χ1) is 17.2. The molecule has 36 heavy (non-hydrogen) atoms. The van der Waals surface area contributed by atoms with Crippen LogP contribution in [0.3, 0.4) is 0 Å². The Morgan fingerprint density at radius 3 is 2.44 bits per heavy atom. The Morgan fingerprint density at radius 2 is 1.78 bits per heavy atom. The number of anilines is 1. The molecule has 1 aromatic carbocycles. The van der Waals surface area contributed by atoms with Crippen molar-refractivity contribution >= 4 is 16.9 Å². The Hall–Kier alpha value is -3.82. The van der Waals surface area contributed by atoms with E-state index in [2.05, 4.69) is 15.0 Å². The highest BCUT2D eigenvalue weighted by Gasteiger charge is 2.32. The van der Waals surface area contributed by atoms with Crippen LogP contribution in [0.25, 0.3) is 11.2 Å². The summed E-state index contributed by atoms with van der Waals surface area (Å²) in [6, 6.07) is 8.98. The zero-order chi connectivity index (χ0) is 25.4. The molecule has 4 heterocycles. The first-order valence-corrected chi connectivity index (χ1v) is 11.6. The molecule has 1 fully saturated rings. The third kappa shape index (κ3) is 4.55. The summed E-state index contributed by atoms with van der Waals surface area (Å²) in [5.41, 5.74) is 2.10. The number of halogens is 4. The fourth-order valence-electron chi connectivity index (χ4n) is 4.86. The second-order valence-electron chi connectivity index (χ2n) is 8.97. The van der Waals surface area contributed by atoms with Gasteiger partial charge < -0.3 is 4.90 Å². The first kappa shape index (κ1) is 23.9. The zero-order valence-electron chi connectivity index (χ0n) is 19.5. The van der Waals surface area contributed by atoms with Crippen LogP contribution in [-0.4, -0.2) is 32.6 Å². The van der Waals surface area contributed by atoms with Crippen molar-refractivity contribution in [3.05, 3.63) is 93.5 Å². The number of hydrogen-bond acceptors (Lipinski definition) is 5. The summed E-state index contributed by atoms with van der Waals surface area (Å²) in [6.45, 7) is 3.07. The smallest absolute Gasteiger partial charge is 0.369 e. The number of benzene rings is 1. The molecule has 6 nitrogen and oxygen atoms in total. The van der Waals surface area contributed by atoms with Gasteiger partial charge in [-0.15, -0.1) is 0 Å². The number of para-hydroxylation sites is 1. The highest BCUT2D eigenvalue weighted by Crippen LogP contribution is 2.33. The van der Waals surface area contributed by atoms with Crippen LogP contribution in [-0.2, 0) is 12.7 Å². The molecule has 0 atom stereocenters. The maximum Gasteiger partial charge on any atom is 0.433 e. The van der Waals surface area contributed by atoms with E-state index < -0.39 is 11.9 Å². The summed E-state index contributed by atoms with van der Waals surface area (Å²) in [7, 11) is 0. The number of piperidine rings is 1. The summed E-state index contributed by atoms with van der Waals surface area (Å²) >= 11 is 0. The van der Waals surface area contributed by atoms with Crippen LogP contribution in [0.15, 0.2) is 59.8 Å². The van der Waals surface area contributed by atoms with Gasteiger partial charge in [-0.2, -0.15) is 13.2 Å². The Morgan fingerprint density at radius 1 is 1.03 bits per heavy atom. The first-order valence-electron chi connectivity index (χ1n) is 11.6. The fraction of sp³-hybridized carbons (Fsp3) is 0.308. The molecular formula is C26H23F4N5O. The summed E-state index contributed by atoms with van der Waals surface area (Å²) in [4.78, 5) is 27.8. The van der Waals surface area contributed by atoms with Gasteiger partial charge in [0.25, 0.3) is 5.56 Å². The maximum absolute atomic E-state index is 14.5. The SMILES string of the molecule is Cc1cccc(F)c1N1CCC(c2cc3nccnc3n(Cc3ccc(C(F)(F)F)nc3)c2=O)CC1. The zero-order valence-corrected chi connectivity index (χ0v) is 19.5. The lowest BCUT2D eigenvalue weighted by Crippen LogP contribution is -2.36. The number of aryl methyl sites for hydroxylation is 1. The number of pyridine rings is 2. The van der Waals surface area contributed by atoms with Gasteiger partial charge in [-0.25, -0.2) is 9.37 Å². The average molecular weight is 497 g/mol. The lowest BCUT2D eigenvalue weighted by Gasteiger charge is -2.34. The Kier molecular flexibility index (Phi) is 6.19. The van der Waals surface area contributed by atoms with E-state index in [4.69, 9.17) is 0 Å². The molecular weight excluding hydrogens is 474 g/mol. The number of hydrogen-bond donors (Lipinski definition) is 0. The van der Waals surface area contributed by atoms with Gasteiger partial charge in [0.1, 0.15) is 17.0 Å². The second-order valence-corrected chi connectivity index (χ2v) is 8.97. The van der Waals surface area contributed by atoms with Crippen LogP contribution in [0, 0.1) is 12.7 Å². The molecule has 0 amide bonds. The van der Waals surface area contributed by atoms with E-state index in [0.29, 0.717) is 53.9 Å². The number of alkyl halides is 3. The van der Waals surface area contributed by atoms with Crippen LogP contribution in [0.5, 0.6) is 0 Å². The molecule has 1 aliphatic heterocycles. The van der Waals surface area contributed by atoms with E-state index in [-0.39, 0.29) is 23.8 Å². The maximum atomic E-state index is 14.5. The van der Waals surface area contributed by atoms with Crippen molar-refractivity contribution in [2.75, 3.05) is 18.0 Å². The molecule has 10 heteroatoms. The standard InChI is InChI=1S/C26H23F4N5O/c1-16-3-2-4-20(27)23(16)34-11-7-18(8-12-34)19-13-21-24(32-10-9-31-21)35(25(19)36)15-17-5-6-22(33-14-17)26(28,29)30/h2-6,9-10,13-14,18H,7-8,11-12,15H2,1H3. The van der Waals surface area contributed by atoms with E-state index >= 15 is 0 Å². The second kappa shape index (κ2) is 9.33. The highest BCUT2D eigenvalue weighted by atomic mass is 19.4. The van der Waals surface area contributed by atoms with Crippen LogP contribution < -0.4 is 10.5 Å². The minimum Gasteiger partial charge on any atom is -0.369 e. The lowest BCUT2D eigenvalue weighted by atomic mass is 9.89. The quantitative estimate of drug-likeness (QED) is 0.368. The molecule has 0 saturated carbocycles. The highest BCUT2D eigenvalue weighted by molar-refractivity contribution is 5.71. The van der Waals surface area contributed by atoms with E-state index in [1.165, 1.54) is 29.1 Å². The molecule has 0 aliphatic carbocycles. The Bertz CT molecular complexity index is 1440. The largest absolute Gasteiger partial charge is 0.433 e. The van der Waals surface area contributed by atoms with Crippen molar-refractivity contribution in [3.8, 4) is 0 Å². The Balaban J connectivity index is 1.45. The van der Waals surface area contributed by atoms with E-state index in [0.717, 1.165) is 17.8 Å². The number of rotatable bonds is 4. The van der Waals surface area contributed by atoms with Gasteiger partial charge >= 0.3 is 6.18 Å². The van der Waals surface area contributed by atoms with Gasteiger partial charge in [0, 0.05) is 37.2 Å². The molecule has 3 aromatic heterocycles. The Labute approximate surface area is 204 Å². The van der Waals surface area contributed by atoms with Gasteiger partial charge in [0.05, 0.1) is 12.2 Å².